The average Bonchev–Trinajstić information content (AvgIpc) is 2.76. The van der Waals surface area contributed by atoms with Crippen molar-refractivity contribution in [1.82, 2.24) is 0 Å². The Morgan fingerprint density at radius 2 is 1.60 bits per heavy atom. The molecule has 0 amide bonds. The number of hydrogen-bond donors (Lipinski definition) is 5. The molecule has 0 aromatic rings. The third kappa shape index (κ3) is 5.57. The van der Waals surface area contributed by atoms with E-state index in [1.165, 1.54) is 0 Å². The van der Waals surface area contributed by atoms with Crippen LogP contribution in [0.1, 0.15) is 0 Å². The summed E-state index contributed by atoms with van der Waals surface area (Å²) >= 11 is 0. The third-order valence-corrected chi connectivity index (χ3v) is 7.22. The molecule has 0 aromatic carbocycles. The lowest BCUT2D eigenvalue weighted by atomic mass is 9.97. The van der Waals surface area contributed by atoms with Gasteiger partial charge < -0.3 is 54.0 Å². The number of fused-ring (bicyclic) bond motifs is 2. The molecule has 0 radical (unpaired) electrons. The minimum absolute atomic E-state index is 0.0240. The molecule has 10 atom stereocenters. The molecular formula is C18H34O11Si. The number of hydrogen-bond acceptors (Lipinski definition) is 11. The Morgan fingerprint density at radius 1 is 0.900 bits per heavy atom. The largest absolute Gasteiger partial charge is 0.394 e. The van der Waals surface area contributed by atoms with Crippen molar-refractivity contribution in [3.8, 4) is 0 Å². The zero-order chi connectivity index (χ0) is 22.1. The highest BCUT2D eigenvalue weighted by Crippen LogP contribution is 2.32. The lowest BCUT2D eigenvalue weighted by Gasteiger charge is -2.46. The van der Waals surface area contributed by atoms with Gasteiger partial charge in [-0.1, -0.05) is 19.6 Å². The van der Waals surface area contributed by atoms with E-state index < -0.39 is 76.1 Å². The Bertz CT molecular complexity index is 547. The Labute approximate surface area is 176 Å². The molecule has 0 spiro atoms. The lowest BCUT2D eigenvalue weighted by Crippen LogP contribution is -2.64. The Hall–Kier alpha value is -0.223. The molecular weight excluding hydrogens is 420 g/mol. The second kappa shape index (κ2) is 10.1. The summed E-state index contributed by atoms with van der Waals surface area (Å²) in [6.45, 7) is 6.17. The van der Waals surface area contributed by atoms with Gasteiger partial charge >= 0.3 is 0 Å². The molecule has 5 N–H and O–H groups in total. The summed E-state index contributed by atoms with van der Waals surface area (Å²) in [4.78, 5) is 0. The van der Waals surface area contributed by atoms with E-state index in [9.17, 15) is 25.5 Å². The van der Waals surface area contributed by atoms with Gasteiger partial charge in [-0.2, -0.15) is 0 Å². The first-order valence-corrected chi connectivity index (χ1v) is 13.9. The van der Waals surface area contributed by atoms with Crippen LogP contribution in [0.3, 0.4) is 0 Å². The van der Waals surface area contributed by atoms with Gasteiger partial charge in [-0.3, -0.25) is 0 Å². The molecule has 0 bridgehead atoms. The van der Waals surface area contributed by atoms with E-state index in [0.717, 1.165) is 6.04 Å². The van der Waals surface area contributed by atoms with Crippen molar-refractivity contribution < 1.29 is 54.0 Å². The van der Waals surface area contributed by atoms with Crippen molar-refractivity contribution >= 4 is 8.07 Å². The van der Waals surface area contributed by atoms with Crippen LogP contribution in [-0.4, -0.2) is 122 Å². The summed E-state index contributed by atoms with van der Waals surface area (Å²) < 4.78 is 33.8. The van der Waals surface area contributed by atoms with E-state index >= 15 is 0 Å². The van der Waals surface area contributed by atoms with E-state index in [-0.39, 0.29) is 13.4 Å². The molecule has 3 aliphatic rings. The fourth-order valence-electron chi connectivity index (χ4n) is 3.62. The van der Waals surface area contributed by atoms with Gasteiger partial charge in [0.05, 0.1) is 13.2 Å². The minimum atomic E-state index is -1.41. The second-order valence-electron chi connectivity index (χ2n) is 9.13. The van der Waals surface area contributed by atoms with Gasteiger partial charge in [-0.15, -0.1) is 0 Å². The van der Waals surface area contributed by atoms with Gasteiger partial charge in [-0.25, -0.2) is 0 Å². The van der Waals surface area contributed by atoms with E-state index in [1.807, 2.05) is 0 Å². The van der Waals surface area contributed by atoms with Crippen LogP contribution >= 0.6 is 0 Å². The molecule has 30 heavy (non-hydrogen) atoms. The lowest BCUT2D eigenvalue weighted by molar-refractivity contribution is -0.356. The van der Waals surface area contributed by atoms with Gasteiger partial charge in [-0.05, 0) is 6.04 Å². The number of ether oxygens (including phenoxy) is 6. The quantitative estimate of drug-likeness (QED) is 0.292. The number of rotatable bonds is 5. The SMILES string of the molecule is C[Si](C)(C)CCO[C@H]1O[C@@H]2COCO[C@H]3[C@@H](O[C@@H]2[C@H](O)[C@@H]1O)O[C@H](CO)[C@H](O)[C@@H]3O. The smallest absolute Gasteiger partial charge is 0.187 e. The Balaban J connectivity index is 1.71. The van der Waals surface area contributed by atoms with Crippen LogP contribution in [0.25, 0.3) is 0 Å². The molecule has 11 nitrogen and oxygen atoms in total. The van der Waals surface area contributed by atoms with Crippen molar-refractivity contribution in [1.29, 1.82) is 0 Å². The molecule has 0 unspecified atom stereocenters. The second-order valence-corrected chi connectivity index (χ2v) is 14.8. The van der Waals surface area contributed by atoms with E-state index in [1.54, 1.807) is 0 Å². The van der Waals surface area contributed by atoms with E-state index in [2.05, 4.69) is 19.6 Å². The van der Waals surface area contributed by atoms with E-state index in [0.29, 0.717) is 6.61 Å². The van der Waals surface area contributed by atoms with Crippen LogP contribution in [-0.2, 0) is 28.4 Å². The summed E-state index contributed by atoms with van der Waals surface area (Å²) in [5.41, 5.74) is 0. The van der Waals surface area contributed by atoms with Crippen molar-refractivity contribution in [2.45, 2.75) is 87.1 Å². The van der Waals surface area contributed by atoms with Crippen LogP contribution in [0, 0.1) is 0 Å². The van der Waals surface area contributed by atoms with Crippen molar-refractivity contribution in [3.63, 3.8) is 0 Å². The maximum absolute atomic E-state index is 10.7. The summed E-state index contributed by atoms with van der Waals surface area (Å²) in [7, 11) is -1.35. The predicted molar refractivity (Wildman–Crippen MR) is 103 cm³/mol. The van der Waals surface area contributed by atoms with Crippen LogP contribution < -0.4 is 0 Å². The molecule has 12 heteroatoms. The molecule has 3 saturated heterocycles. The summed E-state index contributed by atoms with van der Waals surface area (Å²) in [5, 5.41) is 51.0. The summed E-state index contributed by atoms with van der Waals surface area (Å²) in [5.74, 6) is 0. The normalized spacial score (nSPS) is 45.6. The molecule has 0 aromatic heterocycles. The maximum Gasteiger partial charge on any atom is 0.187 e. The van der Waals surface area contributed by atoms with E-state index in [4.69, 9.17) is 28.4 Å². The first kappa shape index (κ1) is 24.4. The zero-order valence-corrected chi connectivity index (χ0v) is 18.5. The first-order valence-electron chi connectivity index (χ1n) is 10.2. The first-order chi connectivity index (χ1) is 14.1. The topological polar surface area (TPSA) is 157 Å². The van der Waals surface area contributed by atoms with Gasteiger partial charge in [0.25, 0.3) is 0 Å². The highest BCUT2D eigenvalue weighted by Gasteiger charge is 2.52. The molecule has 3 aliphatic heterocycles. The summed E-state index contributed by atoms with van der Waals surface area (Å²) in [6, 6.07) is 0.866. The van der Waals surface area contributed by atoms with Crippen molar-refractivity contribution in [3.05, 3.63) is 0 Å². The molecule has 3 heterocycles. The van der Waals surface area contributed by atoms with Gasteiger partial charge in [0.1, 0.15) is 55.6 Å². The Morgan fingerprint density at radius 3 is 2.27 bits per heavy atom. The summed E-state index contributed by atoms with van der Waals surface area (Å²) in [6.07, 6.45) is -12.0. The highest BCUT2D eigenvalue weighted by atomic mass is 28.3. The van der Waals surface area contributed by atoms with Crippen molar-refractivity contribution in [2.24, 2.45) is 0 Å². The standard InChI is InChI=1S/C18H34O11Si/c1-30(2,3)5-4-25-17-14(23)13(22)15-10(28-17)7-24-8-26-16-12(21)11(20)9(6-19)27-18(16)29-15/h9-23H,4-8H2,1-3H3/t9-,10-,11+,12+,13-,14+,15+,16-,17+,18-/m1/s1. The van der Waals surface area contributed by atoms with Crippen LogP contribution in [0.5, 0.6) is 0 Å². The molecule has 3 rings (SSSR count). The Kier molecular flexibility index (Phi) is 8.26. The van der Waals surface area contributed by atoms with Gasteiger partial charge in [0.2, 0.25) is 0 Å². The van der Waals surface area contributed by atoms with Crippen LogP contribution in [0.4, 0.5) is 0 Å². The average molecular weight is 455 g/mol. The molecule has 0 saturated carbocycles. The fourth-order valence-corrected chi connectivity index (χ4v) is 4.35. The fraction of sp³-hybridized carbons (Fsp3) is 1.00. The monoisotopic (exact) mass is 454 g/mol. The minimum Gasteiger partial charge on any atom is -0.394 e. The number of aliphatic hydroxyl groups excluding tert-OH is 5. The molecule has 0 aliphatic carbocycles. The van der Waals surface area contributed by atoms with Crippen LogP contribution in [0.15, 0.2) is 0 Å². The molecule has 3 fully saturated rings. The number of aliphatic hydroxyl groups is 5. The van der Waals surface area contributed by atoms with Crippen LogP contribution in [0.2, 0.25) is 25.7 Å². The zero-order valence-electron chi connectivity index (χ0n) is 17.5. The predicted octanol–water partition coefficient (Wildman–Crippen LogP) is -2.01. The molecule has 176 valence electrons. The van der Waals surface area contributed by atoms with Gasteiger partial charge in [0, 0.05) is 14.7 Å². The highest BCUT2D eigenvalue weighted by molar-refractivity contribution is 6.76. The third-order valence-electron chi connectivity index (χ3n) is 5.52. The van der Waals surface area contributed by atoms with Gasteiger partial charge in [0.15, 0.2) is 12.6 Å². The van der Waals surface area contributed by atoms with Crippen molar-refractivity contribution in [2.75, 3.05) is 26.6 Å². The maximum atomic E-state index is 10.7.